The summed E-state index contributed by atoms with van der Waals surface area (Å²) in [6.45, 7) is 0. The highest BCUT2D eigenvalue weighted by Crippen LogP contribution is 2.21. The van der Waals surface area contributed by atoms with Crippen LogP contribution in [0.2, 0.25) is 0 Å². The van der Waals surface area contributed by atoms with Crippen LogP contribution in [0, 0.1) is 10.1 Å². The van der Waals surface area contributed by atoms with Gasteiger partial charge in [-0.2, -0.15) is 10.2 Å². The summed E-state index contributed by atoms with van der Waals surface area (Å²) < 4.78 is 0. The van der Waals surface area contributed by atoms with Gasteiger partial charge in [-0.15, -0.1) is 0 Å². The Morgan fingerprint density at radius 1 is 0.889 bits per heavy atom. The number of hydrogen-bond donors (Lipinski definition) is 4. The fourth-order valence-corrected chi connectivity index (χ4v) is 2.41. The fourth-order valence-electron chi connectivity index (χ4n) is 2.41. The minimum atomic E-state index is -1.22. The first-order valence-corrected chi connectivity index (χ1v) is 7.40. The van der Waals surface area contributed by atoms with Gasteiger partial charge in [-0.25, -0.2) is 9.59 Å². The number of nitro benzene ring substituents is 1. The Balaban J connectivity index is 0.000000159. The number of aromatic amines is 2. The van der Waals surface area contributed by atoms with Gasteiger partial charge in [0, 0.05) is 22.9 Å². The van der Waals surface area contributed by atoms with E-state index >= 15 is 0 Å². The molecule has 2 heterocycles. The third-order valence-electron chi connectivity index (χ3n) is 3.63. The highest BCUT2D eigenvalue weighted by molar-refractivity contribution is 6.01. The highest BCUT2D eigenvalue weighted by atomic mass is 16.6. The van der Waals surface area contributed by atoms with Crippen LogP contribution in [0.3, 0.4) is 0 Å². The van der Waals surface area contributed by atoms with Gasteiger partial charge in [-0.3, -0.25) is 20.3 Å². The van der Waals surface area contributed by atoms with E-state index in [0.29, 0.717) is 10.9 Å². The second-order valence-electron chi connectivity index (χ2n) is 5.29. The largest absolute Gasteiger partial charge is 0.476 e. The van der Waals surface area contributed by atoms with Crippen LogP contribution < -0.4 is 0 Å². The van der Waals surface area contributed by atoms with Crippen molar-refractivity contribution in [1.29, 1.82) is 0 Å². The van der Waals surface area contributed by atoms with Gasteiger partial charge >= 0.3 is 11.9 Å². The monoisotopic (exact) mass is 369 g/mol. The van der Waals surface area contributed by atoms with Crippen molar-refractivity contribution in [1.82, 2.24) is 20.4 Å². The van der Waals surface area contributed by atoms with Crippen LogP contribution in [0.5, 0.6) is 0 Å². The molecular weight excluding hydrogens is 358 g/mol. The molecular formula is C16H11N5O6. The van der Waals surface area contributed by atoms with Crippen molar-refractivity contribution in [3.8, 4) is 0 Å². The molecule has 4 N–H and O–H groups in total. The van der Waals surface area contributed by atoms with Crippen LogP contribution in [0.4, 0.5) is 5.69 Å². The highest BCUT2D eigenvalue weighted by Gasteiger charge is 2.15. The molecule has 11 heteroatoms. The van der Waals surface area contributed by atoms with E-state index in [4.69, 9.17) is 10.2 Å². The lowest BCUT2D eigenvalue weighted by Gasteiger charge is -1.91. The lowest BCUT2D eigenvalue weighted by molar-refractivity contribution is -0.384. The molecule has 136 valence electrons. The molecule has 0 saturated carbocycles. The first kappa shape index (κ1) is 17.5. The summed E-state index contributed by atoms with van der Waals surface area (Å²) in [5.41, 5.74) is 0.901. The van der Waals surface area contributed by atoms with Crippen molar-refractivity contribution in [2.24, 2.45) is 0 Å². The lowest BCUT2D eigenvalue weighted by Crippen LogP contribution is -1.97. The average Bonchev–Trinajstić information content (AvgIpc) is 3.25. The standard InChI is InChI=1S/C8H5N3O4.C8H6N2O2/c12-8(13)7-5-3-4(11(14)15)1-2-6(5)9-10-7;11-8(12)7-5-3-1-2-4-6(5)9-10-7/h1-3H,(H,9,10)(H,12,13);1-4H,(H,9,10)(H,11,12). The predicted octanol–water partition coefficient (Wildman–Crippen LogP) is 2.43. The topological polar surface area (TPSA) is 175 Å². The smallest absolute Gasteiger partial charge is 0.357 e. The van der Waals surface area contributed by atoms with Gasteiger partial charge in [-0.05, 0) is 12.1 Å². The summed E-state index contributed by atoms with van der Waals surface area (Å²) in [6.07, 6.45) is 0. The summed E-state index contributed by atoms with van der Waals surface area (Å²) >= 11 is 0. The van der Waals surface area contributed by atoms with E-state index in [-0.39, 0.29) is 22.5 Å². The van der Waals surface area contributed by atoms with Gasteiger partial charge in [-0.1, -0.05) is 18.2 Å². The van der Waals surface area contributed by atoms with Crippen molar-refractivity contribution in [2.75, 3.05) is 0 Å². The molecule has 0 aliphatic rings. The number of carboxylic acids is 2. The third kappa shape index (κ3) is 3.42. The van der Waals surface area contributed by atoms with E-state index in [1.165, 1.54) is 18.2 Å². The van der Waals surface area contributed by atoms with E-state index in [2.05, 4.69) is 20.4 Å². The second kappa shape index (κ2) is 6.92. The number of aromatic nitrogens is 4. The summed E-state index contributed by atoms with van der Waals surface area (Å²) in [4.78, 5) is 31.2. The predicted molar refractivity (Wildman–Crippen MR) is 92.8 cm³/mol. The molecule has 0 aliphatic heterocycles. The number of hydrogen-bond acceptors (Lipinski definition) is 6. The Labute approximate surface area is 149 Å². The van der Waals surface area contributed by atoms with Gasteiger partial charge in [0.1, 0.15) is 0 Å². The molecule has 27 heavy (non-hydrogen) atoms. The number of nitrogens with one attached hydrogen (secondary N) is 2. The zero-order valence-corrected chi connectivity index (χ0v) is 13.4. The zero-order chi connectivity index (χ0) is 19.6. The summed E-state index contributed by atoms with van der Waals surface area (Å²) in [6, 6.07) is 11.0. The molecule has 0 radical (unpaired) electrons. The molecule has 0 atom stereocenters. The number of non-ortho nitro benzene ring substituents is 1. The number of carboxylic acid groups (broad SMARTS) is 2. The minimum Gasteiger partial charge on any atom is -0.476 e. The number of fused-ring (bicyclic) bond motifs is 2. The molecule has 0 aliphatic carbocycles. The maximum atomic E-state index is 10.7. The van der Waals surface area contributed by atoms with Crippen LogP contribution in [0.1, 0.15) is 21.0 Å². The number of rotatable bonds is 3. The summed E-state index contributed by atoms with van der Waals surface area (Å²) in [5.74, 6) is -2.23. The fraction of sp³-hybridized carbons (Fsp3) is 0. The molecule has 2 aromatic heterocycles. The van der Waals surface area contributed by atoms with E-state index < -0.39 is 16.9 Å². The first-order valence-electron chi connectivity index (χ1n) is 7.40. The van der Waals surface area contributed by atoms with Crippen LogP contribution in [0.25, 0.3) is 21.8 Å². The van der Waals surface area contributed by atoms with Crippen molar-refractivity contribution in [2.45, 2.75) is 0 Å². The molecule has 4 rings (SSSR count). The normalized spacial score (nSPS) is 10.4. The Morgan fingerprint density at radius 3 is 2.04 bits per heavy atom. The van der Waals surface area contributed by atoms with Crippen molar-refractivity contribution >= 4 is 39.4 Å². The molecule has 0 unspecified atom stereocenters. The number of H-pyrrole nitrogens is 2. The molecule has 0 amide bonds. The molecule has 0 spiro atoms. The molecule has 0 saturated heterocycles. The average molecular weight is 369 g/mol. The molecule has 0 fully saturated rings. The Bertz CT molecular complexity index is 1180. The number of nitrogens with zero attached hydrogens (tertiary/aromatic N) is 3. The lowest BCUT2D eigenvalue weighted by atomic mass is 10.2. The molecule has 4 aromatic rings. The number of benzene rings is 2. The SMILES string of the molecule is O=C(O)c1n[nH]c2ccc([N+](=O)[O-])cc12.O=C(O)c1n[nH]c2ccccc12. The van der Waals surface area contributed by atoms with E-state index in [1.807, 2.05) is 6.07 Å². The first-order chi connectivity index (χ1) is 12.9. The van der Waals surface area contributed by atoms with Crippen LogP contribution in [-0.2, 0) is 0 Å². The van der Waals surface area contributed by atoms with Crippen molar-refractivity contribution < 1.29 is 24.7 Å². The zero-order valence-electron chi connectivity index (χ0n) is 13.4. The van der Waals surface area contributed by atoms with Gasteiger partial charge < -0.3 is 10.2 Å². The molecule has 2 aromatic carbocycles. The van der Waals surface area contributed by atoms with Crippen molar-refractivity contribution in [3.05, 3.63) is 64.0 Å². The Hall–Kier alpha value is -4.28. The maximum absolute atomic E-state index is 10.7. The van der Waals surface area contributed by atoms with Crippen LogP contribution in [0.15, 0.2) is 42.5 Å². The van der Waals surface area contributed by atoms with Gasteiger partial charge in [0.2, 0.25) is 0 Å². The minimum absolute atomic E-state index is 0.0746. The third-order valence-corrected chi connectivity index (χ3v) is 3.63. The summed E-state index contributed by atoms with van der Waals surface area (Å²) in [5, 5.41) is 41.1. The second-order valence-corrected chi connectivity index (χ2v) is 5.29. The van der Waals surface area contributed by atoms with E-state index in [0.717, 1.165) is 5.52 Å². The Kier molecular flexibility index (Phi) is 4.49. The quantitative estimate of drug-likeness (QED) is 0.314. The number of aromatic carboxylic acids is 2. The van der Waals surface area contributed by atoms with Gasteiger partial charge in [0.15, 0.2) is 11.4 Å². The number of carbonyl (C=O) groups is 2. The van der Waals surface area contributed by atoms with E-state index in [9.17, 15) is 19.7 Å². The van der Waals surface area contributed by atoms with Crippen LogP contribution >= 0.6 is 0 Å². The Morgan fingerprint density at radius 2 is 1.44 bits per heavy atom. The number of nitro groups is 1. The van der Waals surface area contributed by atoms with E-state index in [1.54, 1.807) is 18.2 Å². The van der Waals surface area contributed by atoms with Gasteiger partial charge in [0.25, 0.3) is 5.69 Å². The van der Waals surface area contributed by atoms with Crippen molar-refractivity contribution in [3.63, 3.8) is 0 Å². The number of para-hydroxylation sites is 1. The van der Waals surface area contributed by atoms with Gasteiger partial charge in [0.05, 0.1) is 16.0 Å². The maximum Gasteiger partial charge on any atom is 0.357 e. The van der Waals surface area contributed by atoms with Crippen LogP contribution in [-0.4, -0.2) is 47.5 Å². The molecule has 11 nitrogen and oxygen atoms in total. The summed E-state index contributed by atoms with van der Waals surface area (Å²) in [7, 11) is 0. The molecule has 0 bridgehead atoms.